The second-order valence-corrected chi connectivity index (χ2v) is 9.17. The van der Waals surface area contributed by atoms with Crippen LogP contribution in [0.3, 0.4) is 0 Å². The van der Waals surface area contributed by atoms with E-state index in [1.165, 1.54) is 11.1 Å². The van der Waals surface area contributed by atoms with E-state index in [1.807, 2.05) is 54.6 Å². The Morgan fingerprint density at radius 3 is 1.74 bits per heavy atom. The maximum Gasteiger partial charge on any atom is 0.119 e. The Kier molecular flexibility index (Phi) is 8.97. The summed E-state index contributed by atoms with van der Waals surface area (Å²) in [5.41, 5.74) is 3.23. The fraction of sp³-hybridized carbons (Fsp3) is 0.379. The monoisotopic (exact) mass is 463 g/mol. The van der Waals surface area contributed by atoms with Crippen LogP contribution in [0.4, 0.5) is 5.69 Å². The van der Waals surface area contributed by atoms with Crippen LogP contribution in [0.5, 0.6) is 11.5 Å². The Bertz CT molecular complexity index is 985. The molecule has 34 heavy (non-hydrogen) atoms. The lowest BCUT2D eigenvalue weighted by Crippen LogP contribution is -2.35. The lowest BCUT2D eigenvalue weighted by molar-refractivity contribution is 0.112. The van der Waals surface area contributed by atoms with E-state index in [0.29, 0.717) is 6.54 Å². The minimum atomic E-state index is -0.592. The Morgan fingerprint density at radius 1 is 0.765 bits per heavy atom. The molecule has 5 nitrogen and oxygen atoms in total. The predicted molar refractivity (Wildman–Crippen MR) is 138 cm³/mol. The molecule has 3 rings (SSSR count). The molecule has 0 aromatic heterocycles. The number of nitrogens with zero attached hydrogens (tertiary/aromatic N) is 1. The van der Waals surface area contributed by atoms with Crippen molar-refractivity contribution in [3.63, 3.8) is 0 Å². The number of anilines is 1. The van der Waals surface area contributed by atoms with Crippen LogP contribution in [-0.2, 0) is 5.41 Å². The van der Waals surface area contributed by atoms with E-state index in [4.69, 9.17) is 9.47 Å². The zero-order valence-electron chi connectivity index (χ0n) is 20.6. The van der Waals surface area contributed by atoms with Gasteiger partial charge in [-0.3, -0.25) is 0 Å². The van der Waals surface area contributed by atoms with Gasteiger partial charge in [-0.1, -0.05) is 56.3 Å². The minimum Gasteiger partial charge on any atom is -0.491 e. The quantitative estimate of drug-likeness (QED) is 0.394. The molecule has 0 aliphatic heterocycles. The third-order valence-corrected chi connectivity index (χ3v) is 6.02. The average molecular weight is 464 g/mol. The van der Waals surface area contributed by atoms with Crippen molar-refractivity contribution in [2.75, 3.05) is 31.2 Å². The largest absolute Gasteiger partial charge is 0.491 e. The van der Waals surface area contributed by atoms with E-state index in [2.05, 4.69) is 49.9 Å². The molecule has 0 bridgehead atoms. The number of para-hydroxylation sites is 1. The van der Waals surface area contributed by atoms with Crippen molar-refractivity contribution in [3.05, 3.63) is 90.0 Å². The zero-order chi connectivity index (χ0) is 24.6. The van der Waals surface area contributed by atoms with Gasteiger partial charge in [0.05, 0.1) is 6.10 Å². The molecule has 0 aliphatic rings. The molecule has 3 aromatic rings. The number of aliphatic hydroxyl groups is 2. The molecule has 2 unspecified atom stereocenters. The van der Waals surface area contributed by atoms with Gasteiger partial charge in [0, 0.05) is 24.2 Å². The van der Waals surface area contributed by atoms with Crippen LogP contribution in [0, 0.1) is 0 Å². The van der Waals surface area contributed by atoms with Crippen LogP contribution in [0.2, 0.25) is 0 Å². The van der Waals surface area contributed by atoms with Gasteiger partial charge in [0.25, 0.3) is 0 Å². The van der Waals surface area contributed by atoms with E-state index >= 15 is 0 Å². The van der Waals surface area contributed by atoms with Crippen molar-refractivity contribution in [3.8, 4) is 11.5 Å². The highest BCUT2D eigenvalue weighted by molar-refractivity contribution is 5.46. The lowest BCUT2D eigenvalue weighted by atomic mass is 9.78. The van der Waals surface area contributed by atoms with E-state index in [1.54, 1.807) is 6.92 Å². The number of ether oxygens (including phenoxy) is 2. The van der Waals surface area contributed by atoms with Gasteiger partial charge < -0.3 is 24.6 Å². The molecule has 5 heteroatoms. The first-order valence-electron chi connectivity index (χ1n) is 11.9. The van der Waals surface area contributed by atoms with Crippen LogP contribution in [0.1, 0.15) is 38.8 Å². The third kappa shape index (κ3) is 6.99. The second kappa shape index (κ2) is 11.9. The molecule has 2 atom stereocenters. The molecule has 0 spiro atoms. The highest BCUT2D eigenvalue weighted by Crippen LogP contribution is 2.33. The summed E-state index contributed by atoms with van der Waals surface area (Å²) in [6, 6.07) is 26.1. The third-order valence-electron chi connectivity index (χ3n) is 6.02. The summed E-state index contributed by atoms with van der Waals surface area (Å²) in [7, 11) is 0. The molecular formula is C29H37NO4. The number of benzene rings is 3. The number of aliphatic hydroxyl groups excluding tert-OH is 2. The van der Waals surface area contributed by atoms with Crippen molar-refractivity contribution in [2.24, 2.45) is 0 Å². The minimum absolute atomic E-state index is 0.196. The molecule has 0 fully saturated rings. The van der Waals surface area contributed by atoms with Gasteiger partial charge in [-0.15, -0.1) is 0 Å². The van der Waals surface area contributed by atoms with Crippen molar-refractivity contribution in [2.45, 2.75) is 45.3 Å². The SMILES string of the molecule is CCN(CC(O)COc1ccc(C(C)(C)c2ccc(OCC(C)O)cc2)cc1)c1ccccc1. The van der Waals surface area contributed by atoms with Crippen molar-refractivity contribution < 1.29 is 19.7 Å². The van der Waals surface area contributed by atoms with Crippen molar-refractivity contribution in [1.29, 1.82) is 0 Å². The highest BCUT2D eigenvalue weighted by atomic mass is 16.5. The molecular weight excluding hydrogens is 426 g/mol. The summed E-state index contributed by atoms with van der Waals surface area (Å²) in [6.45, 7) is 10.00. The number of likely N-dealkylation sites (N-methyl/N-ethyl adjacent to an activating group) is 1. The maximum atomic E-state index is 10.5. The van der Waals surface area contributed by atoms with Gasteiger partial charge in [-0.05, 0) is 61.4 Å². The van der Waals surface area contributed by atoms with E-state index < -0.39 is 12.2 Å². The van der Waals surface area contributed by atoms with Crippen LogP contribution in [-0.4, -0.2) is 48.7 Å². The van der Waals surface area contributed by atoms with Gasteiger partial charge in [0.2, 0.25) is 0 Å². The number of rotatable bonds is 12. The molecule has 0 amide bonds. The normalized spacial score (nSPS) is 13.2. The predicted octanol–water partition coefficient (Wildman–Crippen LogP) is 5.04. The van der Waals surface area contributed by atoms with Gasteiger partial charge in [0.1, 0.15) is 30.8 Å². The summed E-state index contributed by atoms with van der Waals surface area (Å²) >= 11 is 0. The second-order valence-electron chi connectivity index (χ2n) is 9.17. The summed E-state index contributed by atoms with van der Waals surface area (Å²) in [5, 5.41) is 19.9. The summed E-state index contributed by atoms with van der Waals surface area (Å²) in [5.74, 6) is 1.49. The van der Waals surface area contributed by atoms with Crippen LogP contribution >= 0.6 is 0 Å². The Morgan fingerprint density at radius 2 is 1.26 bits per heavy atom. The fourth-order valence-corrected chi connectivity index (χ4v) is 3.87. The molecule has 0 aliphatic carbocycles. The van der Waals surface area contributed by atoms with Gasteiger partial charge in [-0.25, -0.2) is 0 Å². The summed E-state index contributed by atoms with van der Waals surface area (Å²) in [4.78, 5) is 2.14. The number of hydrogen-bond donors (Lipinski definition) is 2. The van der Waals surface area contributed by atoms with E-state index in [9.17, 15) is 10.2 Å². The smallest absolute Gasteiger partial charge is 0.119 e. The molecule has 0 heterocycles. The van der Waals surface area contributed by atoms with Gasteiger partial charge >= 0.3 is 0 Å². The van der Waals surface area contributed by atoms with Gasteiger partial charge in [0.15, 0.2) is 0 Å². The summed E-state index contributed by atoms with van der Waals surface area (Å²) in [6.07, 6.45) is -1.08. The lowest BCUT2D eigenvalue weighted by Gasteiger charge is -2.27. The maximum absolute atomic E-state index is 10.5. The first kappa shape index (κ1) is 25.6. The molecule has 2 N–H and O–H groups in total. The van der Waals surface area contributed by atoms with Crippen molar-refractivity contribution >= 4 is 5.69 Å². The van der Waals surface area contributed by atoms with E-state index in [-0.39, 0.29) is 18.6 Å². The zero-order valence-corrected chi connectivity index (χ0v) is 20.6. The Balaban J connectivity index is 1.56. The fourth-order valence-electron chi connectivity index (χ4n) is 3.87. The van der Waals surface area contributed by atoms with Crippen LogP contribution in [0.15, 0.2) is 78.9 Å². The van der Waals surface area contributed by atoms with Gasteiger partial charge in [-0.2, -0.15) is 0 Å². The topological polar surface area (TPSA) is 62.2 Å². The Hall–Kier alpha value is -3.02. The first-order valence-corrected chi connectivity index (χ1v) is 11.9. The van der Waals surface area contributed by atoms with E-state index in [0.717, 1.165) is 23.7 Å². The molecule has 0 saturated heterocycles. The first-order chi connectivity index (χ1) is 16.3. The number of hydrogen-bond acceptors (Lipinski definition) is 5. The van der Waals surface area contributed by atoms with Crippen molar-refractivity contribution in [1.82, 2.24) is 0 Å². The van der Waals surface area contributed by atoms with Crippen LogP contribution < -0.4 is 14.4 Å². The van der Waals surface area contributed by atoms with Crippen LogP contribution in [0.25, 0.3) is 0 Å². The molecule has 0 saturated carbocycles. The highest BCUT2D eigenvalue weighted by Gasteiger charge is 2.23. The molecule has 0 radical (unpaired) electrons. The molecule has 182 valence electrons. The Labute approximate surface area is 203 Å². The standard InChI is InChI=1S/C29H37NO4/c1-5-30(25-9-7-6-8-10-25)19-26(32)21-34-28-17-13-24(14-18-28)29(3,4)23-11-15-27(16-12-23)33-20-22(2)31/h6-18,22,26,31-32H,5,19-21H2,1-4H3. The summed E-state index contributed by atoms with van der Waals surface area (Å²) < 4.78 is 11.4. The average Bonchev–Trinajstić information content (AvgIpc) is 2.85. The molecule has 3 aromatic carbocycles.